The van der Waals surface area contributed by atoms with Crippen LogP contribution in [0.1, 0.15) is 5.69 Å². The van der Waals surface area contributed by atoms with Crippen LogP contribution < -0.4 is 11.1 Å². The van der Waals surface area contributed by atoms with E-state index in [-0.39, 0.29) is 37.3 Å². The lowest BCUT2D eigenvalue weighted by Crippen LogP contribution is -2.29. The molecule has 0 aliphatic rings. The molecule has 6 heteroatoms. The average molecular weight is 238 g/mol. The van der Waals surface area contributed by atoms with Gasteiger partial charge in [-0.3, -0.25) is 9.78 Å². The molecule has 4 nitrogen and oxygen atoms in total. The Balaban J connectivity index is 0. The first-order chi connectivity index (χ1) is 5.83. The molecule has 0 unspecified atom stereocenters. The van der Waals surface area contributed by atoms with E-state index in [1.165, 1.54) is 0 Å². The summed E-state index contributed by atoms with van der Waals surface area (Å²) in [6, 6.07) is 5.54. The van der Waals surface area contributed by atoms with Gasteiger partial charge < -0.3 is 11.1 Å². The number of halogens is 2. The molecule has 1 amide bonds. The van der Waals surface area contributed by atoms with Crippen LogP contribution in [0.2, 0.25) is 0 Å². The van der Waals surface area contributed by atoms with Gasteiger partial charge in [-0.2, -0.15) is 0 Å². The summed E-state index contributed by atoms with van der Waals surface area (Å²) < 4.78 is 0. The number of nitrogens with zero attached hydrogens (tertiary/aromatic N) is 1. The van der Waals surface area contributed by atoms with Crippen LogP contribution in [0.15, 0.2) is 24.4 Å². The molecule has 0 radical (unpaired) electrons. The number of hydrogen-bond donors (Lipinski definition) is 2. The van der Waals surface area contributed by atoms with Gasteiger partial charge in [-0.1, -0.05) is 6.07 Å². The summed E-state index contributed by atoms with van der Waals surface area (Å²) in [5.74, 6) is -0.166. The Hall–Kier alpha value is -0.840. The SMILES string of the molecule is Cl.Cl.NCC(=O)NCc1ccccn1. The second-order valence-electron chi connectivity index (χ2n) is 2.30. The van der Waals surface area contributed by atoms with Gasteiger partial charge in [0.15, 0.2) is 0 Å². The molecule has 0 aromatic carbocycles. The molecule has 0 aliphatic carbocycles. The molecule has 0 saturated heterocycles. The lowest BCUT2D eigenvalue weighted by Gasteiger charge is -2.01. The highest BCUT2D eigenvalue weighted by Crippen LogP contribution is 1.90. The lowest BCUT2D eigenvalue weighted by molar-refractivity contribution is -0.119. The van der Waals surface area contributed by atoms with Crippen molar-refractivity contribution in [2.75, 3.05) is 6.54 Å². The monoisotopic (exact) mass is 237 g/mol. The second-order valence-corrected chi connectivity index (χ2v) is 2.30. The van der Waals surface area contributed by atoms with E-state index in [1.54, 1.807) is 6.20 Å². The molecule has 80 valence electrons. The maximum absolute atomic E-state index is 10.7. The highest BCUT2D eigenvalue weighted by Gasteiger charge is 1.96. The smallest absolute Gasteiger partial charge is 0.234 e. The summed E-state index contributed by atoms with van der Waals surface area (Å²) in [5.41, 5.74) is 5.94. The Labute approximate surface area is 95.1 Å². The van der Waals surface area contributed by atoms with Crippen molar-refractivity contribution in [3.8, 4) is 0 Å². The zero-order valence-corrected chi connectivity index (χ0v) is 9.11. The summed E-state index contributed by atoms with van der Waals surface area (Å²) in [4.78, 5) is 14.8. The molecule has 1 heterocycles. The molecular formula is C8H13Cl2N3O. The van der Waals surface area contributed by atoms with Gasteiger partial charge in [0.2, 0.25) is 5.91 Å². The predicted molar refractivity (Wildman–Crippen MR) is 59.6 cm³/mol. The third kappa shape index (κ3) is 5.75. The van der Waals surface area contributed by atoms with Gasteiger partial charge >= 0.3 is 0 Å². The normalized spacial score (nSPS) is 8.07. The highest BCUT2D eigenvalue weighted by molar-refractivity contribution is 5.85. The zero-order chi connectivity index (χ0) is 8.81. The second kappa shape index (κ2) is 8.74. The molecule has 0 fully saturated rings. The number of amides is 1. The number of carbonyl (C=O) groups excluding carboxylic acids is 1. The quantitative estimate of drug-likeness (QED) is 0.805. The average Bonchev–Trinajstić information content (AvgIpc) is 2.16. The fraction of sp³-hybridized carbons (Fsp3) is 0.250. The largest absolute Gasteiger partial charge is 0.349 e. The number of pyridine rings is 1. The van der Waals surface area contributed by atoms with Gasteiger partial charge in [0, 0.05) is 6.20 Å². The fourth-order valence-corrected chi connectivity index (χ4v) is 0.764. The highest BCUT2D eigenvalue weighted by atomic mass is 35.5. The van der Waals surface area contributed by atoms with E-state index >= 15 is 0 Å². The van der Waals surface area contributed by atoms with Gasteiger partial charge in [0.25, 0.3) is 0 Å². The van der Waals surface area contributed by atoms with Crippen LogP contribution in [0.25, 0.3) is 0 Å². The molecule has 1 rings (SSSR count). The molecule has 0 bridgehead atoms. The van der Waals surface area contributed by atoms with Crippen molar-refractivity contribution in [1.82, 2.24) is 10.3 Å². The lowest BCUT2D eigenvalue weighted by atomic mass is 10.3. The maximum atomic E-state index is 10.7. The van der Waals surface area contributed by atoms with Crippen molar-refractivity contribution in [3.05, 3.63) is 30.1 Å². The van der Waals surface area contributed by atoms with Crippen LogP contribution in [0, 0.1) is 0 Å². The third-order valence-corrected chi connectivity index (χ3v) is 1.38. The number of carbonyl (C=O) groups is 1. The Morgan fingerprint density at radius 3 is 2.64 bits per heavy atom. The van der Waals surface area contributed by atoms with Gasteiger partial charge in [0.05, 0.1) is 18.8 Å². The van der Waals surface area contributed by atoms with Crippen molar-refractivity contribution in [2.24, 2.45) is 5.73 Å². The minimum Gasteiger partial charge on any atom is -0.349 e. The summed E-state index contributed by atoms with van der Waals surface area (Å²) in [6.45, 7) is 0.462. The Kier molecular flexibility index (Phi) is 9.76. The molecular weight excluding hydrogens is 225 g/mol. The first-order valence-corrected chi connectivity index (χ1v) is 3.69. The minimum absolute atomic E-state index is 0. The van der Waals surface area contributed by atoms with Gasteiger partial charge in [0.1, 0.15) is 0 Å². The Morgan fingerprint density at radius 1 is 1.43 bits per heavy atom. The number of hydrogen-bond acceptors (Lipinski definition) is 3. The summed E-state index contributed by atoms with van der Waals surface area (Å²) in [6.07, 6.45) is 1.68. The molecule has 3 N–H and O–H groups in total. The third-order valence-electron chi connectivity index (χ3n) is 1.38. The predicted octanol–water partition coefficient (Wildman–Crippen LogP) is 0.500. The van der Waals surface area contributed by atoms with Crippen molar-refractivity contribution in [3.63, 3.8) is 0 Å². The van der Waals surface area contributed by atoms with E-state index in [9.17, 15) is 4.79 Å². The van der Waals surface area contributed by atoms with E-state index in [0.717, 1.165) is 5.69 Å². The van der Waals surface area contributed by atoms with Crippen LogP contribution >= 0.6 is 24.8 Å². The van der Waals surface area contributed by atoms with Gasteiger partial charge in [-0.15, -0.1) is 24.8 Å². The van der Waals surface area contributed by atoms with Crippen LogP contribution in [-0.2, 0) is 11.3 Å². The Morgan fingerprint density at radius 2 is 2.14 bits per heavy atom. The van der Waals surface area contributed by atoms with Crippen LogP contribution in [0.4, 0.5) is 0 Å². The molecule has 0 saturated carbocycles. The first kappa shape index (κ1) is 15.6. The van der Waals surface area contributed by atoms with E-state index < -0.39 is 0 Å². The van der Waals surface area contributed by atoms with Crippen molar-refractivity contribution in [2.45, 2.75) is 6.54 Å². The van der Waals surface area contributed by atoms with Crippen molar-refractivity contribution < 1.29 is 4.79 Å². The maximum Gasteiger partial charge on any atom is 0.234 e. The van der Waals surface area contributed by atoms with Gasteiger partial charge in [-0.25, -0.2) is 0 Å². The minimum atomic E-state index is -0.166. The molecule has 0 atom stereocenters. The van der Waals surface area contributed by atoms with E-state index in [1.807, 2.05) is 18.2 Å². The first-order valence-electron chi connectivity index (χ1n) is 3.69. The van der Waals surface area contributed by atoms with Crippen molar-refractivity contribution in [1.29, 1.82) is 0 Å². The van der Waals surface area contributed by atoms with Crippen molar-refractivity contribution >= 4 is 30.7 Å². The van der Waals surface area contributed by atoms with Crippen LogP contribution in [0.3, 0.4) is 0 Å². The number of rotatable bonds is 3. The standard InChI is InChI=1S/C8H11N3O.2ClH/c9-5-8(12)11-6-7-3-1-2-4-10-7;;/h1-4H,5-6,9H2,(H,11,12);2*1H. The molecule has 0 aliphatic heterocycles. The van der Waals surface area contributed by atoms with E-state index in [0.29, 0.717) is 6.54 Å². The molecule has 14 heavy (non-hydrogen) atoms. The van der Waals surface area contributed by atoms with E-state index in [4.69, 9.17) is 5.73 Å². The zero-order valence-electron chi connectivity index (χ0n) is 7.47. The van der Waals surface area contributed by atoms with Gasteiger partial charge in [-0.05, 0) is 12.1 Å². The number of nitrogens with one attached hydrogen (secondary N) is 1. The number of nitrogens with two attached hydrogens (primary N) is 1. The molecule has 1 aromatic heterocycles. The summed E-state index contributed by atoms with van der Waals surface area (Å²) >= 11 is 0. The fourth-order valence-electron chi connectivity index (χ4n) is 0.764. The topological polar surface area (TPSA) is 68.0 Å². The Bertz CT molecular complexity index is 256. The molecule has 0 spiro atoms. The number of aromatic nitrogens is 1. The summed E-state index contributed by atoms with van der Waals surface area (Å²) in [7, 11) is 0. The van der Waals surface area contributed by atoms with Crippen LogP contribution in [0.5, 0.6) is 0 Å². The summed E-state index contributed by atoms with van der Waals surface area (Å²) in [5, 5.41) is 2.62. The molecule has 1 aromatic rings. The van der Waals surface area contributed by atoms with E-state index in [2.05, 4.69) is 10.3 Å². The van der Waals surface area contributed by atoms with Crippen LogP contribution in [-0.4, -0.2) is 17.4 Å².